The Morgan fingerprint density at radius 3 is 1.62 bits per heavy atom. The van der Waals surface area contributed by atoms with Gasteiger partial charge < -0.3 is 55.6 Å². The zero-order chi connectivity index (χ0) is 34.9. The Hall–Kier alpha value is -3.77. The number of rotatable bonds is 9. The number of anilines is 2. The van der Waals surface area contributed by atoms with Crippen LogP contribution in [0.25, 0.3) is 0 Å². The number of ether oxygens (including phenoxy) is 3. The van der Waals surface area contributed by atoms with E-state index < -0.39 is 44.2 Å². The van der Waals surface area contributed by atoms with E-state index in [4.69, 9.17) is 35.0 Å². The molecule has 0 fully saturated rings. The van der Waals surface area contributed by atoms with Gasteiger partial charge in [0.15, 0.2) is 0 Å². The third kappa shape index (κ3) is 8.74. The van der Waals surface area contributed by atoms with Gasteiger partial charge in [-0.25, -0.2) is 0 Å². The molecule has 4 atom stereocenters. The fourth-order valence-corrected chi connectivity index (χ4v) is 6.39. The van der Waals surface area contributed by atoms with Gasteiger partial charge in [-0.05, 0) is 115 Å². The molecule has 260 valence electrons. The predicted molar refractivity (Wildman–Crippen MR) is 179 cm³/mol. The number of hydrogen-bond donors (Lipinski definition) is 5. The normalized spacial score (nSPS) is 16.9. The minimum Gasteiger partial charge on any atom is -0.870 e. The molecule has 4 aromatic rings. The number of hydrogen-bond acceptors (Lipinski definition) is 18. The van der Waals surface area contributed by atoms with Gasteiger partial charge in [0.05, 0.1) is 30.7 Å². The molecule has 17 nitrogen and oxygen atoms in total. The number of esters is 1. The van der Waals surface area contributed by atoms with Gasteiger partial charge in [0.25, 0.3) is 0 Å². The predicted octanol–water partition coefficient (Wildman–Crippen LogP) is -1.29. The minimum atomic E-state index is -1.20. The van der Waals surface area contributed by atoms with E-state index in [1.165, 1.54) is 0 Å². The van der Waals surface area contributed by atoms with Gasteiger partial charge in [-0.2, -0.15) is 0 Å². The molecule has 50 heavy (non-hydrogen) atoms. The van der Waals surface area contributed by atoms with Gasteiger partial charge in [0.1, 0.15) is 11.5 Å². The summed E-state index contributed by atoms with van der Waals surface area (Å²) in [6.45, 7) is 8.98. The van der Waals surface area contributed by atoms with Gasteiger partial charge >= 0.3 is 55.4 Å². The molecule has 2 aliphatic heterocycles. The number of nitrogen functional groups attached to an aromatic ring is 2. The molecule has 6 rings (SSSR count). The van der Waals surface area contributed by atoms with Crippen molar-refractivity contribution >= 4 is 70.0 Å². The van der Waals surface area contributed by atoms with Crippen LogP contribution in [0.3, 0.4) is 0 Å². The molecule has 8 N–H and O–H groups in total. The number of nitrogens with two attached hydrogens (primary N) is 2. The first-order chi connectivity index (χ1) is 22.8. The minimum absolute atomic E-state index is 0. The Labute approximate surface area is 307 Å². The molecular weight excluding hydrogens is 689 g/mol. The summed E-state index contributed by atoms with van der Waals surface area (Å²) >= 11 is 2.21. The standard InChI is InChI=1S/C15H18BN3O5S.C13H14BN3O5S.Li.H2O/c1-4-22-13(20)8(3)12-11-7(2)5-9(6-10(11)16(21)24-12)23-15-19-18-14(17)25-15;1-5-3-7(21-13-17-16-12(15)23-13)4-8-9(5)10(22-14(8)20)6(2)11(18)19;;/h5-6,8,12,21H,4H2,1-3H3,(H2,17,18);3-4,6,10,20H,1-2H3,(H2,15,16)(H,18,19);;1H2/q;;+1;/p-1. The molecular formula is C28H33B2LiN6O11S2. The van der Waals surface area contributed by atoms with Crippen LogP contribution < -0.4 is 50.7 Å². The monoisotopic (exact) mass is 722 g/mol. The van der Waals surface area contributed by atoms with Crippen LogP contribution in [0.15, 0.2) is 24.3 Å². The van der Waals surface area contributed by atoms with E-state index in [2.05, 4.69) is 20.4 Å². The van der Waals surface area contributed by atoms with Crippen LogP contribution in [-0.2, 0) is 23.6 Å². The largest absolute Gasteiger partial charge is 1.00 e. The molecule has 0 radical (unpaired) electrons. The average Bonchev–Trinajstić information content (AvgIpc) is 3.80. The number of carbonyl (C=O) groups excluding carboxylic acids is 1. The van der Waals surface area contributed by atoms with Crippen molar-refractivity contribution in [2.24, 2.45) is 11.8 Å². The fourth-order valence-electron chi connectivity index (χ4n) is 5.43. The number of nitrogens with zero attached hydrogens (tertiary/aromatic N) is 4. The first kappa shape index (κ1) is 40.7. The van der Waals surface area contributed by atoms with E-state index in [1.54, 1.807) is 45.0 Å². The summed E-state index contributed by atoms with van der Waals surface area (Å²) < 4.78 is 27.3. The molecule has 0 saturated carbocycles. The number of aryl methyl sites for hydroxylation is 2. The third-order valence-electron chi connectivity index (χ3n) is 7.65. The van der Waals surface area contributed by atoms with Crippen molar-refractivity contribution in [2.75, 3.05) is 18.1 Å². The number of fused-ring (bicyclic) bond motifs is 2. The molecule has 2 aliphatic rings. The van der Waals surface area contributed by atoms with Crippen molar-refractivity contribution < 1.29 is 72.6 Å². The van der Waals surface area contributed by atoms with E-state index in [0.717, 1.165) is 39.4 Å². The summed E-state index contributed by atoms with van der Waals surface area (Å²) in [5.41, 5.74) is 15.2. The molecule has 22 heteroatoms. The molecule has 0 amide bonds. The topological polar surface area (TPSA) is 275 Å². The quantitative estimate of drug-likeness (QED) is 0.0992. The summed E-state index contributed by atoms with van der Waals surface area (Å²) in [7, 11) is -2.34. The van der Waals surface area contributed by atoms with Crippen LogP contribution >= 0.6 is 22.7 Å². The van der Waals surface area contributed by atoms with Crippen molar-refractivity contribution in [2.45, 2.75) is 46.8 Å². The molecule has 0 spiro atoms. The molecule has 0 bridgehead atoms. The van der Waals surface area contributed by atoms with Crippen molar-refractivity contribution in [1.82, 2.24) is 20.4 Å². The summed E-state index contributed by atoms with van der Waals surface area (Å²) in [5.74, 6) is -1.73. The Kier molecular flexibility index (Phi) is 13.8. The van der Waals surface area contributed by atoms with Crippen molar-refractivity contribution in [3.05, 3.63) is 46.5 Å². The van der Waals surface area contributed by atoms with Gasteiger partial charge in [-0.1, -0.05) is 10.2 Å². The van der Waals surface area contributed by atoms with Crippen LogP contribution in [0.4, 0.5) is 10.3 Å². The zero-order valence-corrected chi connectivity index (χ0v) is 29.5. The van der Waals surface area contributed by atoms with Crippen LogP contribution in [-0.4, -0.2) is 73.8 Å². The molecule has 0 saturated heterocycles. The molecule has 4 unspecified atom stereocenters. The number of carboxylic acid groups (broad SMARTS) is 1. The van der Waals surface area contributed by atoms with Gasteiger partial charge in [0.2, 0.25) is 10.3 Å². The first-order valence-corrected chi connectivity index (χ1v) is 16.3. The third-order valence-corrected chi connectivity index (χ3v) is 8.91. The smallest absolute Gasteiger partial charge is 0.870 e. The van der Waals surface area contributed by atoms with Crippen molar-refractivity contribution in [3.63, 3.8) is 0 Å². The Bertz CT molecular complexity index is 1840. The van der Waals surface area contributed by atoms with Crippen molar-refractivity contribution in [3.8, 4) is 21.9 Å². The fraction of sp³-hybridized carbons (Fsp3) is 0.357. The summed E-state index contributed by atoms with van der Waals surface area (Å²) in [5, 5.41) is 45.6. The number of aromatic nitrogens is 4. The maximum atomic E-state index is 12.0. The van der Waals surface area contributed by atoms with E-state index in [-0.39, 0.29) is 40.6 Å². The van der Waals surface area contributed by atoms with E-state index in [0.29, 0.717) is 44.9 Å². The Balaban J connectivity index is 0.000000261. The second-order valence-corrected chi connectivity index (χ2v) is 12.9. The van der Waals surface area contributed by atoms with Gasteiger partial charge in [-0.15, -0.1) is 10.2 Å². The summed E-state index contributed by atoms with van der Waals surface area (Å²) in [6.07, 6.45) is -1.28. The number of carbonyl (C=O) groups is 2. The number of carboxylic acids is 1. The van der Waals surface area contributed by atoms with Gasteiger partial charge in [0, 0.05) is 0 Å². The maximum Gasteiger partial charge on any atom is 1.00 e. The second-order valence-electron chi connectivity index (χ2n) is 11.0. The summed E-state index contributed by atoms with van der Waals surface area (Å²) in [4.78, 5) is 23.2. The average molecular weight is 722 g/mol. The first-order valence-electron chi connectivity index (χ1n) is 14.7. The second kappa shape index (κ2) is 17.0. The Morgan fingerprint density at radius 2 is 1.26 bits per heavy atom. The Morgan fingerprint density at radius 1 is 0.840 bits per heavy atom. The molecule has 2 aromatic carbocycles. The maximum absolute atomic E-state index is 12.0. The number of benzene rings is 2. The van der Waals surface area contributed by atoms with Crippen molar-refractivity contribution in [1.29, 1.82) is 0 Å². The molecule has 2 aromatic heterocycles. The zero-order valence-electron chi connectivity index (χ0n) is 27.9. The van der Waals surface area contributed by atoms with Crippen LogP contribution in [0.5, 0.6) is 21.9 Å². The summed E-state index contributed by atoms with van der Waals surface area (Å²) in [6, 6.07) is 6.81. The number of aliphatic carboxylic acids is 1. The van der Waals surface area contributed by atoms with E-state index in [1.807, 2.05) is 13.8 Å². The van der Waals surface area contributed by atoms with Gasteiger partial charge in [-0.3, -0.25) is 9.59 Å². The van der Waals surface area contributed by atoms with E-state index in [9.17, 15) is 24.7 Å². The van der Waals surface area contributed by atoms with Crippen LogP contribution in [0.2, 0.25) is 0 Å². The van der Waals surface area contributed by atoms with Crippen LogP contribution in [0.1, 0.15) is 55.2 Å². The van der Waals surface area contributed by atoms with Crippen LogP contribution in [0, 0.1) is 25.7 Å². The SMILES string of the molecule is CCOC(=O)C(C)C1OB(O)c2cc(Oc3nnc(N)s3)cc(C)c21.Cc1cc(Oc2nnc(N)s2)cc2c1C(C(C)C(=O)O)OB2O.[Li+].[OH-]. The molecule has 0 aliphatic carbocycles. The molecule has 4 heterocycles. The van der Waals surface area contributed by atoms with E-state index >= 15 is 0 Å².